The summed E-state index contributed by atoms with van der Waals surface area (Å²) in [6.07, 6.45) is 0.722. The second-order valence-corrected chi connectivity index (χ2v) is 8.74. The van der Waals surface area contributed by atoms with Crippen LogP contribution in [0.3, 0.4) is 0 Å². The lowest BCUT2D eigenvalue weighted by Crippen LogP contribution is -2.34. The van der Waals surface area contributed by atoms with Gasteiger partial charge in [0.05, 0.1) is 12.2 Å². The van der Waals surface area contributed by atoms with Crippen LogP contribution in [0.25, 0.3) is 0 Å². The lowest BCUT2D eigenvalue weighted by Gasteiger charge is -2.15. The van der Waals surface area contributed by atoms with E-state index in [1.807, 2.05) is 36.4 Å². The maximum absolute atomic E-state index is 12.9. The molecule has 3 aromatic carbocycles. The predicted octanol–water partition coefficient (Wildman–Crippen LogP) is 4.90. The van der Waals surface area contributed by atoms with Crippen LogP contribution in [0.2, 0.25) is 0 Å². The van der Waals surface area contributed by atoms with Crippen molar-refractivity contribution < 1.29 is 14.3 Å². The van der Waals surface area contributed by atoms with E-state index in [4.69, 9.17) is 17.0 Å². The zero-order valence-corrected chi connectivity index (χ0v) is 20.7. The Morgan fingerprint density at radius 3 is 2.48 bits per heavy atom. The molecule has 0 aromatic heterocycles. The van der Waals surface area contributed by atoms with Gasteiger partial charge >= 0.3 is 0 Å². The zero-order chi connectivity index (χ0) is 23.8. The Hall–Kier alpha value is -3.23. The van der Waals surface area contributed by atoms with Crippen LogP contribution in [0.5, 0.6) is 5.75 Å². The first-order valence-corrected chi connectivity index (χ1v) is 11.4. The Balaban J connectivity index is 1.64. The van der Waals surface area contributed by atoms with Crippen molar-refractivity contribution in [2.24, 2.45) is 0 Å². The molecule has 0 radical (unpaired) electrons. The molecule has 0 atom stereocenters. The molecule has 33 heavy (non-hydrogen) atoms. The Labute approximate surface area is 207 Å². The summed E-state index contributed by atoms with van der Waals surface area (Å²) in [4.78, 5) is 26.6. The third kappa shape index (κ3) is 7.13. The molecule has 0 fully saturated rings. The number of hydrogen-bond acceptors (Lipinski definition) is 4. The molecular weight excluding hydrogens is 502 g/mol. The number of carbonyl (C=O) groups is 2. The Kier molecular flexibility index (Phi) is 8.57. The normalized spacial score (nSPS) is 10.3. The molecule has 0 saturated heterocycles. The van der Waals surface area contributed by atoms with Crippen molar-refractivity contribution in [2.75, 3.05) is 26.0 Å². The van der Waals surface area contributed by atoms with Crippen molar-refractivity contribution >= 4 is 50.8 Å². The van der Waals surface area contributed by atoms with Gasteiger partial charge < -0.3 is 15.0 Å². The number of nitrogens with one attached hydrogen (secondary N) is 2. The monoisotopic (exact) mass is 525 g/mol. The molecule has 0 saturated carbocycles. The summed E-state index contributed by atoms with van der Waals surface area (Å²) < 4.78 is 6.64. The summed E-state index contributed by atoms with van der Waals surface area (Å²) in [6.45, 7) is 0.432. The minimum absolute atomic E-state index is 0.115. The molecule has 0 spiro atoms. The Morgan fingerprint density at radius 2 is 1.76 bits per heavy atom. The smallest absolute Gasteiger partial charge is 0.261 e. The van der Waals surface area contributed by atoms with Crippen molar-refractivity contribution in [1.82, 2.24) is 10.2 Å². The van der Waals surface area contributed by atoms with E-state index < -0.39 is 5.91 Å². The number of carbonyl (C=O) groups excluding carboxylic acids is 2. The van der Waals surface area contributed by atoms with Gasteiger partial charge in [0.25, 0.3) is 11.8 Å². The average molecular weight is 526 g/mol. The van der Waals surface area contributed by atoms with Crippen molar-refractivity contribution in [2.45, 2.75) is 6.42 Å². The van der Waals surface area contributed by atoms with Crippen molar-refractivity contribution in [3.8, 4) is 5.75 Å². The van der Waals surface area contributed by atoms with Crippen LogP contribution < -0.4 is 15.4 Å². The molecule has 0 aliphatic carbocycles. The van der Waals surface area contributed by atoms with E-state index in [2.05, 4.69) is 26.6 Å². The second kappa shape index (κ2) is 11.6. The van der Waals surface area contributed by atoms with Gasteiger partial charge in [-0.05, 0) is 54.2 Å². The molecule has 2 N–H and O–H groups in total. The summed E-state index contributed by atoms with van der Waals surface area (Å²) in [5.74, 6) is -0.0583. The fourth-order valence-corrected chi connectivity index (χ4v) is 3.62. The highest BCUT2D eigenvalue weighted by Crippen LogP contribution is 2.24. The molecule has 8 heteroatoms. The summed E-state index contributed by atoms with van der Waals surface area (Å²) in [6, 6.07) is 22.2. The summed E-state index contributed by atoms with van der Waals surface area (Å²) >= 11 is 8.71. The van der Waals surface area contributed by atoms with Gasteiger partial charge in [-0.2, -0.15) is 0 Å². The molecule has 2 amide bonds. The Bertz CT molecular complexity index is 1150. The summed E-state index contributed by atoms with van der Waals surface area (Å²) in [5.41, 5.74) is 2.63. The molecule has 0 bridgehead atoms. The molecule has 170 valence electrons. The van der Waals surface area contributed by atoms with Gasteiger partial charge in [-0.25, -0.2) is 0 Å². The molecular formula is C25H24BrN3O3S. The Morgan fingerprint density at radius 1 is 1.00 bits per heavy atom. The molecule has 3 aromatic rings. The minimum Gasteiger partial charge on any atom is -0.492 e. The number of ether oxygens (including phenoxy) is 1. The highest BCUT2D eigenvalue weighted by atomic mass is 79.9. The van der Waals surface area contributed by atoms with E-state index in [9.17, 15) is 9.59 Å². The van der Waals surface area contributed by atoms with Crippen LogP contribution >= 0.6 is 28.1 Å². The number of amides is 2. The quantitative estimate of drug-likeness (QED) is 0.429. The first kappa shape index (κ1) is 24.4. The maximum Gasteiger partial charge on any atom is 0.261 e. The number of hydrogen-bond donors (Lipinski definition) is 2. The molecule has 0 unspecified atom stereocenters. The number of anilines is 1. The number of rotatable bonds is 7. The van der Waals surface area contributed by atoms with E-state index >= 15 is 0 Å². The lowest BCUT2D eigenvalue weighted by atomic mass is 10.1. The highest BCUT2D eigenvalue weighted by molar-refractivity contribution is 9.10. The van der Waals surface area contributed by atoms with Gasteiger partial charge in [0, 0.05) is 36.2 Å². The van der Waals surface area contributed by atoms with Crippen LogP contribution in [0.4, 0.5) is 5.69 Å². The van der Waals surface area contributed by atoms with E-state index in [-0.39, 0.29) is 11.0 Å². The predicted molar refractivity (Wildman–Crippen MR) is 138 cm³/mol. The maximum atomic E-state index is 12.9. The van der Waals surface area contributed by atoms with Crippen LogP contribution in [0, 0.1) is 0 Å². The summed E-state index contributed by atoms with van der Waals surface area (Å²) in [5, 5.41) is 5.74. The fraction of sp³-hybridized carbons (Fsp3) is 0.160. The molecule has 3 rings (SSSR count). The van der Waals surface area contributed by atoms with E-state index in [1.54, 1.807) is 50.5 Å². The third-order valence-electron chi connectivity index (χ3n) is 4.68. The van der Waals surface area contributed by atoms with Crippen LogP contribution in [-0.4, -0.2) is 42.5 Å². The first-order valence-electron chi connectivity index (χ1n) is 10.2. The second-order valence-electron chi connectivity index (χ2n) is 7.41. The largest absolute Gasteiger partial charge is 0.492 e. The SMILES string of the molecule is CN(C)C(=O)c1cccc(NC(=S)NC(=O)c2cc(Br)ccc2OCCc2ccccc2)c1. The summed E-state index contributed by atoms with van der Waals surface area (Å²) in [7, 11) is 3.37. The van der Waals surface area contributed by atoms with E-state index in [0.717, 1.165) is 16.5 Å². The third-order valence-corrected chi connectivity index (χ3v) is 5.38. The number of nitrogens with zero attached hydrogens (tertiary/aromatic N) is 1. The van der Waals surface area contributed by atoms with Gasteiger partial charge in [-0.15, -0.1) is 0 Å². The van der Waals surface area contributed by atoms with Crippen molar-refractivity contribution in [3.63, 3.8) is 0 Å². The van der Waals surface area contributed by atoms with Gasteiger partial charge in [0.2, 0.25) is 0 Å². The average Bonchev–Trinajstić information content (AvgIpc) is 2.80. The molecule has 0 aliphatic heterocycles. The number of benzene rings is 3. The van der Waals surface area contributed by atoms with Crippen molar-refractivity contribution in [1.29, 1.82) is 0 Å². The standard InChI is InChI=1S/C25H24BrN3O3S/c1-29(2)24(31)18-9-6-10-20(15-18)27-25(33)28-23(30)21-16-19(26)11-12-22(21)32-14-13-17-7-4-3-5-8-17/h3-12,15-16H,13-14H2,1-2H3,(H2,27,28,30,33). The van der Waals surface area contributed by atoms with Crippen LogP contribution in [0.1, 0.15) is 26.3 Å². The zero-order valence-electron chi connectivity index (χ0n) is 18.3. The lowest BCUT2D eigenvalue weighted by molar-refractivity contribution is 0.0827. The van der Waals surface area contributed by atoms with Gasteiger partial charge in [0.15, 0.2) is 5.11 Å². The fourth-order valence-electron chi connectivity index (χ4n) is 3.05. The van der Waals surface area contributed by atoms with Gasteiger partial charge in [-0.1, -0.05) is 52.3 Å². The van der Waals surface area contributed by atoms with Gasteiger partial charge in [0.1, 0.15) is 5.75 Å². The van der Waals surface area contributed by atoms with E-state index in [1.165, 1.54) is 4.90 Å². The topological polar surface area (TPSA) is 70.7 Å². The first-order chi connectivity index (χ1) is 15.8. The number of halogens is 1. The molecule has 0 heterocycles. The highest BCUT2D eigenvalue weighted by Gasteiger charge is 2.16. The molecule has 6 nitrogen and oxygen atoms in total. The van der Waals surface area contributed by atoms with E-state index in [0.29, 0.717) is 29.2 Å². The number of thiocarbonyl (C=S) groups is 1. The minimum atomic E-state index is -0.399. The van der Waals surface area contributed by atoms with Crippen molar-refractivity contribution in [3.05, 3.63) is 94.0 Å². The van der Waals surface area contributed by atoms with Crippen LogP contribution in [0.15, 0.2) is 77.3 Å². The molecule has 0 aliphatic rings. The van der Waals surface area contributed by atoms with Gasteiger partial charge in [-0.3, -0.25) is 14.9 Å². The van der Waals surface area contributed by atoms with Crippen LogP contribution in [-0.2, 0) is 6.42 Å².